The number of ether oxygens (including phenoxy) is 1. The van der Waals surface area contributed by atoms with Crippen molar-refractivity contribution in [2.75, 3.05) is 45.9 Å². The Morgan fingerprint density at radius 2 is 1.88 bits per heavy atom. The molecule has 2 saturated heterocycles. The summed E-state index contributed by atoms with van der Waals surface area (Å²) in [5.41, 5.74) is 0. The van der Waals surface area contributed by atoms with Gasteiger partial charge in [-0.3, -0.25) is 4.90 Å². The topological polar surface area (TPSA) is 44.8 Å². The number of likely N-dealkylation sites (tertiary alicyclic amines) is 1. The van der Waals surface area contributed by atoms with Crippen LogP contribution in [-0.4, -0.2) is 73.7 Å². The number of rotatable bonds is 3. The fourth-order valence-electron chi connectivity index (χ4n) is 4.15. The Bertz CT molecular complexity index is 434. The van der Waals surface area contributed by atoms with E-state index in [1.54, 1.807) is 0 Å². The van der Waals surface area contributed by atoms with E-state index in [2.05, 4.69) is 17.1 Å². The van der Waals surface area contributed by atoms with E-state index in [1.807, 2.05) is 4.90 Å². The van der Waals surface area contributed by atoms with Gasteiger partial charge in [0.1, 0.15) is 0 Å². The van der Waals surface area contributed by atoms with Gasteiger partial charge in [-0.05, 0) is 24.7 Å². The number of carbonyl (C=O) groups excluding carboxylic acids is 1. The number of morpholine rings is 1. The smallest absolute Gasteiger partial charge is 0.317 e. The molecule has 2 aliphatic heterocycles. The van der Waals surface area contributed by atoms with Gasteiger partial charge in [0.15, 0.2) is 0 Å². The fraction of sp³-hybridized carbons (Fsp3) is 0.941. The van der Waals surface area contributed by atoms with E-state index in [1.165, 1.54) is 0 Å². The molecule has 7 heteroatoms. The van der Waals surface area contributed by atoms with E-state index in [0.29, 0.717) is 31.3 Å². The molecule has 0 aromatic heterocycles. The SMILES string of the molecule is C[C@H]1CN(C(=O)NCC2CCC(F)(F)CC2)C[C@H]1N1CCOCC1. The molecule has 0 unspecified atom stereocenters. The second-order valence-electron chi connectivity index (χ2n) is 7.58. The molecule has 0 spiro atoms. The number of hydrogen-bond acceptors (Lipinski definition) is 3. The monoisotopic (exact) mass is 345 g/mol. The van der Waals surface area contributed by atoms with Gasteiger partial charge in [-0.25, -0.2) is 13.6 Å². The number of nitrogens with one attached hydrogen (secondary N) is 1. The van der Waals surface area contributed by atoms with Crippen molar-refractivity contribution in [1.82, 2.24) is 15.1 Å². The molecule has 138 valence electrons. The molecular weight excluding hydrogens is 316 g/mol. The molecular formula is C17H29F2N3O2. The quantitative estimate of drug-likeness (QED) is 0.853. The Labute approximate surface area is 142 Å². The van der Waals surface area contributed by atoms with Crippen LogP contribution in [0.5, 0.6) is 0 Å². The third-order valence-electron chi connectivity index (χ3n) is 5.75. The molecule has 1 N–H and O–H groups in total. The first-order valence-corrected chi connectivity index (χ1v) is 9.17. The van der Waals surface area contributed by atoms with Crippen LogP contribution >= 0.6 is 0 Å². The van der Waals surface area contributed by atoms with Gasteiger partial charge >= 0.3 is 6.03 Å². The van der Waals surface area contributed by atoms with E-state index in [0.717, 1.165) is 39.4 Å². The molecule has 1 aliphatic carbocycles. The highest BCUT2D eigenvalue weighted by Gasteiger charge is 2.38. The van der Waals surface area contributed by atoms with Crippen molar-refractivity contribution in [1.29, 1.82) is 0 Å². The normalized spacial score (nSPS) is 32.0. The van der Waals surface area contributed by atoms with Crippen LogP contribution in [-0.2, 0) is 4.74 Å². The molecule has 1 saturated carbocycles. The zero-order chi connectivity index (χ0) is 17.2. The lowest BCUT2D eigenvalue weighted by Crippen LogP contribution is -2.48. The molecule has 3 fully saturated rings. The Morgan fingerprint density at radius 3 is 2.54 bits per heavy atom. The minimum Gasteiger partial charge on any atom is -0.379 e. The molecule has 0 bridgehead atoms. The minimum absolute atomic E-state index is 0.0463. The molecule has 24 heavy (non-hydrogen) atoms. The van der Waals surface area contributed by atoms with Crippen LogP contribution in [0, 0.1) is 11.8 Å². The molecule has 2 amide bonds. The lowest BCUT2D eigenvalue weighted by Gasteiger charge is -2.34. The zero-order valence-corrected chi connectivity index (χ0v) is 14.5. The largest absolute Gasteiger partial charge is 0.379 e. The number of carbonyl (C=O) groups is 1. The Kier molecular flexibility index (Phi) is 5.59. The Balaban J connectivity index is 1.42. The van der Waals surface area contributed by atoms with Crippen LogP contribution in [0.25, 0.3) is 0 Å². The summed E-state index contributed by atoms with van der Waals surface area (Å²) in [6.07, 6.45) is 0.904. The number of nitrogens with zero attached hydrogens (tertiary/aromatic N) is 2. The standard InChI is InChI=1S/C17H29F2N3O2/c1-13-11-22(12-15(13)21-6-8-24-9-7-21)16(23)20-10-14-2-4-17(18,19)5-3-14/h13-15H,2-12H2,1H3,(H,20,23)/t13-,15+/m0/s1. The van der Waals surface area contributed by atoms with E-state index >= 15 is 0 Å². The average Bonchev–Trinajstić information content (AvgIpc) is 2.96. The summed E-state index contributed by atoms with van der Waals surface area (Å²) in [6.45, 7) is 7.61. The third-order valence-corrected chi connectivity index (χ3v) is 5.75. The van der Waals surface area contributed by atoms with Crippen molar-refractivity contribution in [3.63, 3.8) is 0 Å². The van der Waals surface area contributed by atoms with Crippen molar-refractivity contribution >= 4 is 6.03 Å². The van der Waals surface area contributed by atoms with Gasteiger partial charge in [0.2, 0.25) is 5.92 Å². The van der Waals surface area contributed by atoms with E-state index < -0.39 is 5.92 Å². The summed E-state index contributed by atoms with van der Waals surface area (Å²) in [5, 5.41) is 2.96. The summed E-state index contributed by atoms with van der Waals surface area (Å²) < 4.78 is 31.8. The lowest BCUT2D eigenvalue weighted by molar-refractivity contribution is -0.0452. The van der Waals surface area contributed by atoms with Crippen molar-refractivity contribution in [3.05, 3.63) is 0 Å². The van der Waals surface area contributed by atoms with Crippen LogP contribution in [0.2, 0.25) is 0 Å². The van der Waals surface area contributed by atoms with Crippen molar-refractivity contribution in [2.24, 2.45) is 11.8 Å². The summed E-state index contributed by atoms with van der Waals surface area (Å²) in [6, 6.07) is 0.350. The van der Waals surface area contributed by atoms with E-state index in [4.69, 9.17) is 4.74 Å². The average molecular weight is 345 g/mol. The number of hydrogen-bond donors (Lipinski definition) is 1. The maximum atomic E-state index is 13.2. The number of amides is 2. The molecule has 2 heterocycles. The first kappa shape index (κ1) is 17.9. The van der Waals surface area contributed by atoms with Gasteiger partial charge in [0, 0.05) is 51.6 Å². The van der Waals surface area contributed by atoms with Gasteiger partial charge in [-0.15, -0.1) is 0 Å². The lowest BCUT2D eigenvalue weighted by atomic mass is 9.87. The summed E-state index contributed by atoms with van der Waals surface area (Å²) in [5.74, 6) is -1.87. The summed E-state index contributed by atoms with van der Waals surface area (Å²) >= 11 is 0. The second kappa shape index (κ2) is 7.52. The highest BCUT2D eigenvalue weighted by molar-refractivity contribution is 5.74. The van der Waals surface area contributed by atoms with Gasteiger partial charge in [0.05, 0.1) is 13.2 Å². The molecule has 0 aromatic rings. The maximum absolute atomic E-state index is 13.2. The van der Waals surface area contributed by atoms with Gasteiger partial charge in [0.25, 0.3) is 0 Å². The zero-order valence-electron chi connectivity index (χ0n) is 14.5. The predicted octanol–water partition coefficient (Wildman–Crippen LogP) is 2.17. The van der Waals surface area contributed by atoms with Crippen molar-refractivity contribution in [2.45, 2.75) is 44.6 Å². The Hall–Kier alpha value is -0.950. The highest BCUT2D eigenvalue weighted by atomic mass is 19.3. The molecule has 0 aromatic carbocycles. The van der Waals surface area contributed by atoms with Crippen LogP contribution in [0.4, 0.5) is 13.6 Å². The van der Waals surface area contributed by atoms with Crippen molar-refractivity contribution < 1.29 is 18.3 Å². The number of halogens is 2. The molecule has 5 nitrogen and oxygen atoms in total. The Morgan fingerprint density at radius 1 is 1.21 bits per heavy atom. The van der Waals surface area contributed by atoms with Crippen molar-refractivity contribution in [3.8, 4) is 0 Å². The maximum Gasteiger partial charge on any atom is 0.317 e. The highest BCUT2D eigenvalue weighted by Crippen LogP contribution is 2.35. The van der Waals surface area contributed by atoms with Crippen LogP contribution in [0.1, 0.15) is 32.6 Å². The first-order chi connectivity index (χ1) is 11.4. The minimum atomic E-state index is -2.50. The molecule has 3 rings (SSSR count). The van der Waals surface area contributed by atoms with E-state index in [-0.39, 0.29) is 24.8 Å². The summed E-state index contributed by atoms with van der Waals surface area (Å²) in [7, 11) is 0. The number of urea groups is 1. The van der Waals surface area contributed by atoms with Crippen LogP contribution in [0.3, 0.4) is 0 Å². The van der Waals surface area contributed by atoms with E-state index in [9.17, 15) is 13.6 Å². The summed E-state index contributed by atoms with van der Waals surface area (Å²) in [4.78, 5) is 16.7. The third kappa shape index (κ3) is 4.36. The van der Waals surface area contributed by atoms with Gasteiger partial charge < -0.3 is 15.0 Å². The molecule has 3 aliphatic rings. The molecule has 2 atom stereocenters. The molecule has 0 radical (unpaired) electrons. The first-order valence-electron chi connectivity index (χ1n) is 9.17. The predicted molar refractivity (Wildman–Crippen MR) is 87.2 cm³/mol. The van der Waals surface area contributed by atoms with Crippen LogP contribution < -0.4 is 5.32 Å². The number of alkyl halides is 2. The fourth-order valence-corrected chi connectivity index (χ4v) is 4.15. The van der Waals surface area contributed by atoms with Gasteiger partial charge in [-0.1, -0.05) is 6.92 Å². The van der Waals surface area contributed by atoms with Crippen LogP contribution in [0.15, 0.2) is 0 Å². The van der Waals surface area contributed by atoms with Gasteiger partial charge in [-0.2, -0.15) is 0 Å². The second-order valence-corrected chi connectivity index (χ2v) is 7.58.